The number of amides is 1. The van der Waals surface area contributed by atoms with Crippen molar-refractivity contribution in [3.63, 3.8) is 0 Å². The second-order valence-electron chi connectivity index (χ2n) is 5.34. The highest BCUT2D eigenvalue weighted by molar-refractivity contribution is 6.32. The highest BCUT2D eigenvalue weighted by Gasteiger charge is 2.38. The van der Waals surface area contributed by atoms with Crippen molar-refractivity contribution in [2.24, 2.45) is 0 Å². The first-order valence-electron chi connectivity index (χ1n) is 7.38. The van der Waals surface area contributed by atoms with Crippen molar-refractivity contribution >= 4 is 17.5 Å². The van der Waals surface area contributed by atoms with E-state index in [1.165, 1.54) is 6.92 Å². The molecule has 8 heteroatoms. The molecule has 0 fully saturated rings. The van der Waals surface area contributed by atoms with Crippen molar-refractivity contribution in [1.29, 1.82) is 0 Å². The van der Waals surface area contributed by atoms with E-state index in [2.05, 4.69) is 10.4 Å². The second kappa shape index (κ2) is 7.25. The van der Waals surface area contributed by atoms with Crippen molar-refractivity contribution in [1.82, 2.24) is 15.1 Å². The van der Waals surface area contributed by atoms with Crippen LogP contribution in [0.2, 0.25) is 5.02 Å². The SMILES string of the molecule is CCC(NC(=O)Cn1nc(C(F)(F)F)c(Cl)c1C)c1ccccc1. The van der Waals surface area contributed by atoms with Crippen LogP contribution in [0.3, 0.4) is 0 Å². The molecule has 0 aliphatic heterocycles. The highest BCUT2D eigenvalue weighted by Crippen LogP contribution is 2.35. The number of hydrogen-bond acceptors (Lipinski definition) is 2. The molecule has 0 aliphatic rings. The summed E-state index contributed by atoms with van der Waals surface area (Å²) >= 11 is 5.68. The minimum atomic E-state index is -4.65. The number of carbonyl (C=O) groups excluding carboxylic acids is 1. The molecule has 130 valence electrons. The van der Waals surface area contributed by atoms with Crippen LogP contribution in [-0.2, 0) is 17.5 Å². The van der Waals surface area contributed by atoms with Gasteiger partial charge in [0.2, 0.25) is 5.91 Å². The van der Waals surface area contributed by atoms with Gasteiger partial charge in [-0.05, 0) is 18.9 Å². The van der Waals surface area contributed by atoms with E-state index in [0.29, 0.717) is 6.42 Å². The predicted molar refractivity (Wildman–Crippen MR) is 84.6 cm³/mol. The monoisotopic (exact) mass is 359 g/mol. The summed E-state index contributed by atoms with van der Waals surface area (Å²) in [6.07, 6.45) is -4.00. The molecule has 1 unspecified atom stereocenters. The number of nitrogens with zero attached hydrogens (tertiary/aromatic N) is 2. The number of carbonyl (C=O) groups is 1. The summed E-state index contributed by atoms with van der Waals surface area (Å²) in [5.41, 5.74) is -0.143. The molecule has 0 bridgehead atoms. The molecule has 1 aromatic carbocycles. The van der Waals surface area contributed by atoms with E-state index >= 15 is 0 Å². The van der Waals surface area contributed by atoms with Crippen molar-refractivity contribution in [3.05, 3.63) is 52.3 Å². The molecule has 0 saturated heterocycles. The lowest BCUT2D eigenvalue weighted by Crippen LogP contribution is -2.32. The molecule has 0 aliphatic carbocycles. The van der Waals surface area contributed by atoms with Crippen LogP contribution in [0.15, 0.2) is 30.3 Å². The third kappa shape index (κ3) is 4.08. The molecule has 2 aromatic rings. The van der Waals surface area contributed by atoms with Gasteiger partial charge in [-0.15, -0.1) is 0 Å². The lowest BCUT2D eigenvalue weighted by atomic mass is 10.0. The second-order valence-corrected chi connectivity index (χ2v) is 5.72. The molecule has 1 amide bonds. The molecule has 4 nitrogen and oxygen atoms in total. The predicted octanol–water partition coefficient (Wildman–Crippen LogP) is 4.13. The van der Waals surface area contributed by atoms with Crippen molar-refractivity contribution in [3.8, 4) is 0 Å². The summed E-state index contributed by atoms with van der Waals surface area (Å²) < 4.78 is 39.4. The van der Waals surface area contributed by atoms with Gasteiger partial charge in [0.15, 0.2) is 5.69 Å². The van der Waals surface area contributed by atoms with Crippen LogP contribution in [0.5, 0.6) is 0 Å². The quantitative estimate of drug-likeness (QED) is 0.872. The number of aromatic nitrogens is 2. The zero-order chi connectivity index (χ0) is 17.9. The Morgan fingerprint density at radius 1 is 1.33 bits per heavy atom. The number of rotatable bonds is 5. The Morgan fingerprint density at radius 2 is 1.96 bits per heavy atom. The van der Waals surface area contributed by atoms with E-state index in [1.54, 1.807) is 0 Å². The third-order valence-electron chi connectivity index (χ3n) is 3.64. The van der Waals surface area contributed by atoms with Crippen LogP contribution in [0, 0.1) is 6.92 Å². The lowest BCUT2D eigenvalue weighted by Gasteiger charge is -2.17. The smallest absolute Gasteiger partial charge is 0.348 e. The van der Waals surface area contributed by atoms with E-state index in [4.69, 9.17) is 11.6 Å². The van der Waals surface area contributed by atoms with Crippen LogP contribution in [0.25, 0.3) is 0 Å². The minimum absolute atomic E-state index is 0.104. The molecular weight excluding hydrogens is 343 g/mol. The summed E-state index contributed by atoms with van der Waals surface area (Å²) in [6.45, 7) is 2.98. The summed E-state index contributed by atoms with van der Waals surface area (Å²) in [7, 11) is 0. The fraction of sp³-hybridized carbons (Fsp3) is 0.375. The van der Waals surface area contributed by atoms with Gasteiger partial charge in [0.05, 0.1) is 16.8 Å². The first kappa shape index (κ1) is 18.3. The van der Waals surface area contributed by atoms with Crippen LogP contribution >= 0.6 is 11.6 Å². The van der Waals surface area contributed by atoms with Gasteiger partial charge in [-0.25, -0.2) is 0 Å². The maximum Gasteiger partial charge on any atom is 0.436 e. The van der Waals surface area contributed by atoms with Gasteiger partial charge in [0.1, 0.15) is 6.54 Å². The fourth-order valence-electron chi connectivity index (χ4n) is 2.34. The van der Waals surface area contributed by atoms with E-state index in [1.807, 2.05) is 37.3 Å². The maximum atomic E-state index is 12.8. The Balaban J connectivity index is 2.13. The summed E-state index contributed by atoms with van der Waals surface area (Å²) in [5, 5.41) is 5.75. The Morgan fingerprint density at radius 3 is 2.46 bits per heavy atom. The Labute approximate surface area is 142 Å². The number of benzene rings is 1. The van der Waals surface area contributed by atoms with E-state index < -0.39 is 22.8 Å². The van der Waals surface area contributed by atoms with Gasteiger partial charge in [-0.3, -0.25) is 9.48 Å². The molecule has 1 aromatic heterocycles. The zero-order valence-electron chi connectivity index (χ0n) is 13.2. The van der Waals surface area contributed by atoms with Gasteiger partial charge in [0.25, 0.3) is 0 Å². The van der Waals surface area contributed by atoms with Crippen molar-refractivity contribution in [2.45, 2.75) is 39.0 Å². The van der Waals surface area contributed by atoms with E-state index in [-0.39, 0.29) is 18.3 Å². The van der Waals surface area contributed by atoms with Crippen LogP contribution in [-0.4, -0.2) is 15.7 Å². The summed E-state index contributed by atoms with van der Waals surface area (Å²) in [4.78, 5) is 12.2. The first-order valence-corrected chi connectivity index (χ1v) is 7.76. The molecule has 0 saturated carbocycles. The van der Waals surface area contributed by atoms with E-state index in [9.17, 15) is 18.0 Å². The number of alkyl halides is 3. The lowest BCUT2D eigenvalue weighted by molar-refractivity contribution is -0.141. The molecule has 2 rings (SSSR count). The maximum absolute atomic E-state index is 12.8. The van der Waals surface area contributed by atoms with E-state index in [0.717, 1.165) is 10.2 Å². The minimum Gasteiger partial charge on any atom is -0.348 e. The van der Waals surface area contributed by atoms with Crippen molar-refractivity contribution < 1.29 is 18.0 Å². The normalized spacial score (nSPS) is 12.9. The summed E-state index contributed by atoms with van der Waals surface area (Å²) in [6, 6.07) is 9.13. The Bertz CT molecular complexity index is 713. The molecule has 0 radical (unpaired) electrons. The molecule has 0 spiro atoms. The van der Waals surface area contributed by atoms with Crippen LogP contribution < -0.4 is 5.32 Å². The molecule has 1 atom stereocenters. The van der Waals surface area contributed by atoms with Gasteiger partial charge < -0.3 is 5.32 Å². The topological polar surface area (TPSA) is 46.9 Å². The average Bonchev–Trinajstić information content (AvgIpc) is 2.82. The number of halogens is 4. The summed E-state index contributed by atoms with van der Waals surface area (Å²) in [5.74, 6) is -0.429. The molecule has 24 heavy (non-hydrogen) atoms. The average molecular weight is 360 g/mol. The Kier molecular flexibility index (Phi) is 5.54. The van der Waals surface area contributed by atoms with Gasteiger partial charge >= 0.3 is 6.18 Å². The molecule has 1 N–H and O–H groups in total. The zero-order valence-corrected chi connectivity index (χ0v) is 13.9. The number of nitrogens with one attached hydrogen (secondary N) is 1. The third-order valence-corrected chi connectivity index (χ3v) is 4.09. The number of hydrogen-bond donors (Lipinski definition) is 1. The standard InChI is InChI=1S/C16H17ClF3N3O/c1-3-12(11-7-5-4-6-8-11)21-13(24)9-23-10(2)14(17)15(22-23)16(18,19)20/h4-8,12H,3,9H2,1-2H3,(H,21,24). The van der Waals surface area contributed by atoms with Crippen molar-refractivity contribution in [2.75, 3.05) is 0 Å². The first-order chi connectivity index (χ1) is 11.2. The fourth-order valence-corrected chi connectivity index (χ4v) is 2.58. The largest absolute Gasteiger partial charge is 0.436 e. The highest BCUT2D eigenvalue weighted by atomic mass is 35.5. The molecular formula is C16H17ClF3N3O. The van der Waals surface area contributed by atoms with Crippen LogP contribution in [0.4, 0.5) is 13.2 Å². The van der Waals surface area contributed by atoms with Gasteiger partial charge in [-0.2, -0.15) is 18.3 Å². The van der Waals surface area contributed by atoms with Gasteiger partial charge in [-0.1, -0.05) is 48.9 Å². The molecule has 1 heterocycles. The Hall–Kier alpha value is -2.02. The van der Waals surface area contributed by atoms with Gasteiger partial charge in [0, 0.05) is 0 Å². The van der Waals surface area contributed by atoms with Crippen LogP contribution in [0.1, 0.15) is 36.3 Å².